The van der Waals surface area contributed by atoms with Gasteiger partial charge in [-0.2, -0.15) is 4.80 Å². The maximum absolute atomic E-state index is 12.4. The van der Waals surface area contributed by atoms with Crippen molar-refractivity contribution in [3.05, 3.63) is 53.1 Å². The number of tetrazole rings is 1. The van der Waals surface area contributed by atoms with Gasteiger partial charge in [0, 0.05) is 5.56 Å². The molecule has 0 saturated heterocycles. The van der Waals surface area contributed by atoms with Gasteiger partial charge in [-0.1, -0.05) is 18.2 Å². The minimum Gasteiger partial charge on any atom is -0.493 e. The van der Waals surface area contributed by atoms with Gasteiger partial charge in [0.2, 0.25) is 11.7 Å². The minimum absolute atomic E-state index is 0.0184. The molecule has 1 amide bonds. The number of rotatable bonds is 7. The zero-order chi connectivity index (χ0) is 21.0. The van der Waals surface area contributed by atoms with Crippen LogP contribution < -0.4 is 14.8 Å². The van der Waals surface area contributed by atoms with Crippen molar-refractivity contribution in [2.75, 3.05) is 14.2 Å². The number of methoxy groups -OCH3 is 2. The van der Waals surface area contributed by atoms with Crippen LogP contribution in [0.1, 0.15) is 29.7 Å². The molecule has 0 aliphatic carbocycles. The molecule has 29 heavy (non-hydrogen) atoms. The van der Waals surface area contributed by atoms with Crippen molar-refractivity contribution in [3.8, 4) is 22.9 Å². The summed E-state index contributed by atoms with van der Waals surface area (Å²) < 4.78 is 10.5. The Hall–Kier alpha value is -3.42. The molecule has 1 N–H and O–H groups in total. The molecule has 3 aromatic rings. The predicted octanol–water partition coefficient (Wildman–Crippen LogP) is 2.85. The molecule has 0 aliphatic heterocycles. The average molecular weight is 395 g/mol. The van der Waals surface area contributed by atoms with Crippen LogP contribution in [-0.4, -0.2) is 40.3 Å². The number of ether oxygens (including phenoxy) is 2. The van der Waals surface area contributed by atoms with E-state index in [0.29, 0.717) is 17.3 Å². The fourth-order valence-corrected chi connectivity index (χ4v) is 2.93. The molecule has 0 radical (unpaired) electrons. The number of aromatic nitrogens is 4. The molecular weight excluding hydrogens is 370 g/mol. The van der Waals surface area contributed by atoms with Gasteiger partial charge in [-0.05, 0) is 60.9 Å². The van der Waals surface area contributed by atoms with E-state index in [1.165, 1.54) is 15.9 Å². The fraction of sp³-hybridized carbons (Fsp3) is 0.333. The number of nitrogens with zero attached hydrogens (tertiary/aromatic N) is 4. The largest absolute Gasteiger partial charge is 0.493 e. The van der Waals surface area contributed by atoms with Crippen LogP contribution in [-0.2, 0) is 11.3 Å². The first-order chi connectivity index (χ1) is 13.9. The molecule has 1 unspecified atom stereocenters. The van der Waals surface area contributed by atoms with Gasteiger partial charge in [0.05, 0.1) is 20.3 Å². The second kappa shape index (κ2) is 8.72. The molecule has 1 heterocycles. The Labute approximate surface area is 169 Å². The Balaban J connectivity index is 1.66. The summed E-state index contributed by atoms with van der Waals surface area (Å²) in [6.07, 6.45) is 0. The number of benzene rings is 2. The molecule has 8 nitrogen and oxygen atoms in total. The van der Waals surface area contributed by atoms with Gasteiger partial charge in [0.15, 0.2) is 11.5 Å². The number of hydrogen-bond acceptors (Lipinski definition) is 6. The van der Waals surface area contributed by atoms with Gasteiger partial charge in [-0.3, -0.25) is 4.79 Å². The van der Waals surface area contributed by atoms with E-state index in [1.54, 1.807) is 26.4 Å². The normalized spacial score (nSPS) is 11.8. The molecule has 0 spiro atoms. The molecule has 3 rings (SSSR count). The van der Waals surface area contributed by atoms with Crippen molar-refractivity contribution >= 4 is 5.91 Å². The maximum atomic E-state index is 12.4. The van der Waals surface area contributed by atoms with Crippen molar-refractivity contribution < 1.29 is 14.3 Å². The first-order valence-electron chi connectivity index (χ1n) is 9.28. The SMILES string of the molecule is COc1ccc(-c2nnn(CC(=O)NC(C)c3ccc(C)c(C)c3)n2)cc1OC. The molecule has 1 atom stereocenters. The zero-order valence-electron chi connectivity index (χ0n) is 17.3. The van der Waals surface area contributed by atoms with E-state index in [9.17, 15) is 4.79 Å². The number of carbonyl (C=O) groups is 1. The summed E-state index contributed by atoms with van der Waals surface area (Å²) in [7, 11) is 3.14. The van der Waals surface area contributed by atoms with E-state index < -0.39 is 0 Å². The molecule has 0 fully saturated rings. The third-order valence-corrected chi connectivity index (χ3v) is 4.79. The van der Waals surface area contributed by atoms with Crippen LogP contribution in [0.5, 0.6) is 11.5 Å². The monoisotopic (exact) mass is 395 g/mol. The summed E-state index contributed by atoms with van der Waals surface area (Å²) in [5.41, 5.74) is 4.19. The van der Waals surface area contributed by atoms with Crippen LogP contribution in [0.2, 0.25) is 0 Å². The maximum Gasteiger partial charge on any atom is 0.244 e. The van der Waals surface area contributed by atoms with Crippen LogP contribution >= 0.6 is 0 Å². The summed E-state index contributed by atoms with van der Waals surface area (Å²) in [6.45, 7) is 6.05. The van der Waals surface area contributed by atoms with Crippen LogP contribution in [0.15, 0.2) is 36.4 Å². The van der Waals surface area contributed by atoms with Gasteiger partial charge in [0.1, 0.15) is 6.54 Å². The van der Waals surface area contributed by atoms with Gasteiger partial charge < -0.3 is 14.8 Å². The highest BCUT2D eigenvalue weighted by molar-refractivity contribution is 5.76. The molecule has 2 aromatic carbocycles. The number of carbonyl (C=O) groups excluding carboxylic acids is 1. The van der Waals surface area contributed by atoms with Crippen LogP contribution in [0.4, 0.5) is 0 Å². The average Bonchev–Trinajstić information content (AvgIpc) is 3.17. The van der Waals surface area contributed by atoms with Crippen molar-refractivity contribution in [2.45, 2.75) is 33.4 Å². The number of amides is 1. The smallest absolute Gasteiger partial charge is 0.244 e. The standard InChI is InChI=1S/C21H25N5O3/c1-13-6-7-16(10-14(13)2)15(3)22-20(27)12-26-24-21(23-25-26)17-8-9-18(28-4)19(11-17)29-5/h6-11,15H,12H2,1-5H3,(H,22,27). The molecule has 152 valence electrons. The summed E-state index contributed by atoms with van der Waals surface area (Å²) in [6, 6.07) is 11.4. The van der Waals surface area contributed by atoms with E-state index in [0.717, 1.165) is 11.1 Å². The molecule has 0 aliphatic rings. The van der Waals surface area contributed by atoms with Crippen molar-refractivity contribution in [1.82, 2.24) is 25.5 Å². The lowest BCUT2D eigenvalue weighted by atomic mass is 10.0. The predicted molar refractivity (Wildman–Crippen MR) is 109 cm³/mol. The van der Waals surface area contributed by atoms with E-state index in [-0.39, 0.29) is 18.5 Å². The summed E-state index contributed by atoms with van der Waals surface area (Å²) >= 11 is 0. The first-order valence-corrected chi connectivity index (χ1v) is 9.28. The van der Waals surface area contributed by atoms with E-state index in [4.69, 9.17) is 9.47 Å². The summed E-state index contributed by atoms with van der Waals surface area (Å²) in [5.74, 6) is 1.40. The molecule has 0 saturated carbocycles. The molecular formula is C21H25N5O3. The zero-order valence-corrected chi connectivity index (χ0v) is 17.3. The highest BCUT2D eigenvalue weighted by atomic mass is 16.5. The minimum atomic E-state index is -0.188. The van der Waals surface area contributed by atoms with Crippen molar-refractivity contribution in [1.29, 1.82) is 0 Å². The number of hydrogen-bond donors (Lipinski definition) is 1. The lowest BCUT2D eigenvalue weighted by Gasteiger charge is -2.15. The van der Waals surface area contributed by atoms with Crippen molar-refractivity contribution in [2.24, 2.45) is 0 Å². The van der Waals surface area contributed by atoms with Gasteiger partial charge in [0.25, 0.3) is 0 Å². The fourth-order valence-electron chi connectivity index (χ4n) is 2.93. The lowest BCUT2D eigenvalue weighted by molar-refractivity contribution is -0.122. The van der Waals surface area contributed by atoms with Gasteiger partial charge >= 0.3 is 0 Å². The van der Waals surface area contributed by atoms with Crippen LogP contribution in [0, 0.1) is 13.8 Å². The molecule has 0 bridgehead atoms. The number of nitrogens with one attached hydrogen (secondary N) is 1. The Morgan fingerprint density at radius 2 is 1.83 bits per heavy atom. The van der Waals surface area contributed by atoms with E-state index in [1.807, 2.05) is 19.1 Å². The Kier molecular flexibility index (Phi) is 6.11. The second-order valence-electron chi connectivity index (χ2n) is 6.85. The van der Waals surface area contributed by atoms with Crippen molar-refractivity contribution in [3.63, 3.8) is 0 Å². The van der Waals surface area contributed by atoms with E-state index >= 15 is 0 Å². The topological polar surface area (TPSA) is 91.2 Å². The highest BCUT2D eigenvalue weighted by Crippen LogP contribution is 2.30. The summed E-state index contributed by atoms with van der Waals surface area (Å²) in [5, 5.41) is 15.3. The second-order valence-corrected chi connectivity index (χ2v) is 6.85. The highest BCUT2D eigenvalue weighted by Gasteiger charge is 2.14. The number of aryl methyl sites for hydroxylation is 2. The van der Waals surface area contributed by atoms with Crippen LogP contribution in [0.25, 0.3) is 11.4 Å². The van der Waals surface area contributed by atoms with Gasteiger partial charge in [-0.15, -0.1) is 10.2 Å². The third kappa shape index (κ3) is 4.71. The van der Waals surface area contributed by atoms with E-state index in [2.05, 4.69) is 46.7 Å². The lowest BCUT2D eigenvalue weighted by Crippen LogP contribution is -2.30. The summed E-state index contributed by atoms with van der Waals surface area (Å²) in [4.78, 5) is 13.7. The molecule has 8 heteroatoms. The Morgan fingerprint density at radius 1 is 1.07 bits per heavy atom. The Morgan fingerprint density at radius 3 is 2.52 bits per heavy atom. The molecule has 1 aromatic heterocycles. The quantitative estimate of drug-likeness (QED) is 0.661. The van der Waals surface area contributed by atoms with Gasteiger partial charge in [-0.25, -0.2) is 0 Å². The third-order valence-electron chi connectivity index (χ3n) is 4.79. The Bertz CT molecular complexity index is 1020. The first kappa shape index (κ1) is 20.3. The van der Waals surface area contributed by atoms with Crippen LogP contribution in [0.3, 0.4) is 0 Å².